The minimum Gasteiger partial charge on any atom is -0.319 e. The highest BCUT2D eigenvalue weighted by atomic mass is 32.2. The lowest BCUT2D eigenvalue weighted by Crippen LogP contribution is -2.46. The first kappa shape index (κ1) is 15.2. The lowest BCUT2D eigenvalue weighted by Gasteiger charge is -2.33. The van der Waals surface area contributed by atoms with Crippen LogP contribution >= 0.6 is 0 Å². The average Bonchev–Trinajstić information content (AvgIpc) is 2.71. The molecule has 19 heavy (non-hydrogen) atoms. The van der Waals surface area contributed by atoms with Gasteiger partial charge in [-0.2, -0.15) is 0 Å². The summed E-state index contributed by atoms with van der Waals surface area (Å²) in [7, 11) is -4.76. The second-order valence-electron chi connectivity index (χ2n) is 5.49. The van der Waals surface area contributed by atoms with Crippen LogP contribution in [0.1, 0.15) is 19.3 Å². The van der Waals surface area contributed by atoms with Crippen molar-refractivity contribution >= 4 is 19.9 Å². The van der Waals surface area contributed by atoms with Gasteiger partial charge in [-0.3, -0.25) is 0 Å². The van der Waals surface area contributed by atoms with E-state index in [1.54, 1.807) is 0 Å². The van der Waals surface area contributed by atoms with Gasteiger partial charge in [-0.05, 0) is 38.8 Å². The lowest BCUT2D eigenvalue weighted by atomic mass is 10.00. The molecule has 2 aliphatic heterocycles. The van der Waals surface area contributed by atoms with Crippen LogP contribution < -0.4 is 5.32 Å². The van der Waals surface area contributed by atoms with Gasteiger partial charge in [0.05, 0.1) is 16.8 Å². The smallest absolute Gasteiger partial charge is 0.218 e. The van der Waals surface area contributed by atoms with Gasteiger partial charge in [0.15, 0.2) is 9.84 Å². The van der Waals surface area contributed by atoms with E-state index in [0.29, 0.717) is 19.0 Å². The molecule has 8 heteroatoms. The summed E-state index contributed by atoms with van der Waals surface area (Å²) < 4.78 is 49.3. The van der Waals surface area contributed by atoms with E-state index in [1.807, 2.05) is 7.05 Å². The largest absolute Gasteiger partial charge is 0.319 e. The summed E-state index contributed by atoms with van der Waals surface area (Å²) in [5, 5.41) is 2.34. The topological polar surface area (TPSA) is 83.6 Å². The number of nitrogens with one attached hydrogen (secondary N) is 1. The highest BCUT2D eigenvalue weighted by Crippen LogP contribution is 2.26. The Hall–Kier alpha value is -0.180. The van der Waals surface area contributed by atoms with E-state index >= 15 is 0 Å². The van der Waals surface area contributed by atoms with E-state index in [9.17, 15) is 16.8 Å². The van der Waals surface area contributed by atoms with Gasteiger partial charge in [0.2, 0.25) is 10.0 Å². The summed E-state index contributed by atoms with van der Waals surface area (Å²) >= 11 is 0. The Labute approximate surface area is 115 Å². The first-order chi connectivity index (χ1) is 8.85. The highest BCUT2D eigenvalue weighted by molar-refractivity contribution is 7.95. The van der Waals surface area contributed by atoms with Gasteiger partial charge in [0.1, 0.15) is 0 Å². The van der Waals surface area contributed by atoms with Crippen LogP contribution in [0.4, 0.5) is 0 Å². The molecule has 2 saturated heterocycles. The molecule has 0 amide bonds. The second-order valence-corrected chi connectivity index (χ2v) is 9.94. The van der Waals surface area contributed by atoms with Gasteiger partial charge in [-0.25, -0.2) is 21.1 Å². The summed E-state index contributed by atoms with van der Waals surface area (Å²) in [5.41, 5.74) is 0. The van der Waals surface area contributed by atoms with Crippen molar-refractivity contribution in [3.63, 3.8) is 0 Å². The fourth-order valence-corrected chi connectivity index (χ4v) is 7.56. The molecule has 2 heterocycles. The zero-order chi connectivity index (χ0) is 14.1. The molecule has 2 fully saturated rings. The van der Waals surface area contributed by atoms with Crippen LogP contribution in [-0.2, 0) is 19.9 Å². The van der Waals surface area contributed by atoms with Crippen molar-refractivity contribution in [1.82, 2.24) is 9.62 Å². The van der Waals surface area contributed by atoms with Gasteiger partial charge < -0.3 is 5.32 Å². The monoisotopic (exact) mass is 310 g/mol. The van der Waals surface area contributed by atoms with E-state index in [4.69, 9.17) is 0 Å². The summed E-state index contributed by atoms with van der Waals surface area (Å²) in [5.74, 6) is 0.124. The summed E-state index contributed by atoms with van der Waals surface area (Å²) in [4.78, 5) is 0. The quantitative estimate of drug-likeness (QED) is 0.752. The molecular weight excluding hydrogens is 288 g/mol. The number of nitrogens with zero attached hydrogens (tertiary/aromatic N) is 1. The lowest BCUT2D eigenvalue weighted by molar-refractivity contribution is 0.261. The number of sulfone groups is 1. The number of piperidine rings is 1. The molecule has 0 spiro atoms. The fraction of sp³-hybridized carbons (Fsp3) is 1.00. The van der Waals surface area contributed by atoms with Gasteiger partial charge >= 0.3 is 0 Å². The molecule has 0 bridgehead atoms. The number of rotatable bonds is 4. The predicted octanol–water partition coefficient (Wildman–Crippen LogP) is -0.565. The highest BCUT2D eigenvalue weighted by Gasteiger charge is 2.41. The third kappa shape index (κ3) is 3.48. The minimum absolute atomic E-state index is 0.00464. The molecule has 0 radical (unpaired) electrons. The number of hydrogen-bond acceptors (Lipinski definition) is 5. The van der Waals surface area contributed by atoms with Crippen molar-refractivity contribution in [2.75, 3.05) is 38.2 Å². The van der Waals surface area contributed by atoms with Crippen LogP contribution in [0.25, 0.3) is 0 Å². The van der Waals surface area contributed by atoms with Crippen molar-refractivity contribution in [2.45, 2.75) is 24.5 Å². The maximum absolute atomic E-state index is 12.5. The zero-order valence-corrected chi connectivity index (χ0v) is 12.8. The molecule has 0 aliphatic carbocycles. The summed E-state index contributed by atoms with van der Waals surface area (Å²) in [6.45, 7) is 1.84. The van der Waals surface area contributed by atoms with Crippen LogP contribution in [0.5, 0.6) is 0 Å². The number of sulfonamides is 1. The molecular formula is C11H22N2O4S2. The summed E-state index contributed by atoms with van der Waals surface area (Å²) in [6, 6.07) is 0. The van der Waals surface area contributed by atoms with Gasteiger partial charge in [-0.15, -0.1) is 0 Å². The van der Waals surface area contributed by atoms with E-state index in [-0.39, 0.29) is 17.9 Å². The normalized spacial score (nSPS) is 32.5. The molecule has 2 atom stereocenters. The second kappa shape index (κ2) is 5.67. The van der Waals surface area contributed by atoms with Crippen LogP contribution in [0, 0.1) is 5.92 Å². The molecule has 2 unspecified atom stereocenters. The van der Waals surface area contributed by atoms with Crippen LogP contribution in [-0.4, -0.2) is 64.6 Å². The van der Waals surface area contributed by atoms with E-state index in [0.717, 1.165) is 19.4 Å². The van der Waals surface area contributed by atoms with E-state index in [2.05, 4.69) is 5.32 Å². The molecule has 0 saturated carbocycles. The van der Waals surface area contributed by atoms with Crippen molar-refractivity contribution in [3.8, 4) is 0 Å². The molecule has 6 nitrogen and oxygen atoms in total. The molecule has 112 valence electrons. The maximum Gasteiger partial charge on any atom is 0.218 e. The number of hydrogen-bond donors (Lipinski definition) is 1. The molecule has 0 aromatic rings. The Morgan fingerprint density at radius 1 is 1.32 bits per heavy atom. The Morgan fingerprint density at radius 3 is 2.63 bits per heavy atom. The van der Waals surface area contributed by atoms with E-state index in [1.165, 1.54) is 4.31 Å². The Balaban J connectivity index is 2.07. The van der Waals surface area contributed by atoms with Crippen molar-refractivity contribution in [3.05, 3.63) is 0 Å². The SMILES string of the molecule is CNCC1CCCN(S(=O)(=O)C2CCS(=O)(=O)C2)C1. The fourth-order valence-electron chi connectivity index (χ4n) is 2.92. The Morgan fingerprint density at radius 2 is 2.05 bits per heavy atom. The van der Waals surface area contributed by atoms with Gasteiger partial charge in [0.25, 0.3) is 0 Å². The van der Waals surface area contributed by atoms with Gasteiger partial charge in [-0.1, -0.05) is 0 Å². The van der Waals surface area contributed by atoms with Crippen molar-refractivity contribution < 1.29 is 16.8 Å². The van der Waals surface area contributed by atoms with E-state index < -0.39 is 25.1 Å². The molecule has 0 aromatic heterocycles. The molecule has 1 N–H and O–H groups in total. The maximum atomic E-state index is 12.5. The molecule has 2 aliphatic rings. The zero-order valence-electron chi connectivity index (χ0n) is 11.2. The Kier molecular flexibility index (Phi) is 4.54. The Bertz CT molecular complexity index is 513. The van der Waals surface area contributed by atoms with Crippen LogP contribution in [0.15, 0.2) is 0 Å². The predicted molar refractivity (Wildman–Crippen MR) is 74.2 cm³/mol. The third-order valence-electron chi connectivity index (χ3n) is 3.95. The van der Waals surface area contributed by atoms with Crippen LogP contribution in [0.2, 0.25) is 0 Å². The minimum atomic E-state index is -3.46. The first-order valence-electron chi connectivity index (χ1n) is 6.69. The van der Waals surface area contributed by atoms with Gasteiger partial charge in [0, 0.05) is 13.1 Å². The van der Waals surface area contributed by atoms with Crippen molar-refractivity contribution in [2.24, 2.45) is 5.92 Å². The van der Waals surface area contributed by atoms with Crippen molar-refractivity contribution in [1.29, 1.82) is 0 Å². The standard InChI is InChI=1S/C11H22N2O4S2/c1-12-7-10-3-2-5-13(8-10)19(16,17)11-4-6-18(14,15)9-11/h10-12H,2-9H2,1H3. The van der Waals surface area contributed by atoms with Crippen LogP contribution in [0.3, 0.4) is 0 Å². The third-order valence-corrected chi connectivity index (χ3v) is 8.22. The first-order valence-corrected chi connectivity index (χ1v) is 10.0. The molecule has 2 rings (SSSR count). The molecule has 0 aromatic carbocycles. The summed E-state index contributed by atoms with van der Waals surface area (Å²) in [6.07, 6.45) is 2.12. The average molecular weight is 310 g/mol.